The summed E-state index contributed by atoms with van der Waals surface area (Å²) in [4.78, 5) is 24.5. The Hall–Kier alpha value is -2.73. The lowest BCUT2D eigenvalue weighted by Crippen LogP contribution is -2.15. The number of rotatable bonds is 5. The predicted molar refractivity (Wildman–Crippen MR) is 104 cm³/mol. The molecule has 3 rings (SSSR count). The van der Waals surface area contributed by atoms with Crippen LogP contribution < -0.4 is 0 Å². The Kier molecular flexibility index (Phi) is 5.56. The molecule has 4 nitrogen and oxygen atoms in total. The van der Waals surface area contributed by atoms with E-state index in [-0.39, 0.29) is 18.0 Å². The minimum Gasteiger partial charge on any atom is -0.454 e. The molecule has 1 heterocycles. The molecule has 3 aromatic rings. The summed E-state index contributed by atoms with van der Waals surface area (Å²) in [5, 5.41) is 0. The molecule has 27 heavy (non-hydrogen) atoms. The van der Waals surface area contributed by atoms with Crippen LogP contribution in [-0.2, 0) is 4.74 Å². The molecule has 0 amide bonds. The van der Waals surface area contributed by atoms with Crippen LogP contribution in [0.3, 0.4) is 0 Å². The smallest absolute Gasteiger partial charge is 0.338 e. The van der Waals surface area contributed by atoms with Gasteiger partial charge in [0.05, 0.1) is 5.56 Å². The first-order valence-electron chi connectivity index (χ1n) is 8.27. The van der Waals surface area contributed by atoms with Crippen LogP contribution in [0, 0.1) is 19.7 Å². The Morgan fingerprint density at radius 3 is 2.30 bits per heavy atom. The number of aromatic nitrogens is 1. The van der Waals surface area contributed by atoms with Crippen molar-refractivity contribution in [1.82, 2.24) is 4.57 Å². The van der Waals surface area contributed by atoms with E-state index < -0.39 is 11.8 Å². The molecule has 0 fully saturated rings. The van der Waals surface area contributed by atoms with Crippen LogP contribution in [-0.4, -0.2) is 22.9 Å². The molecule has 0 radical (unpaired) electrons. The molecule has 0 unspecified atom stereocenters. The lowest BCUT2D eigenvalue weighted by Gasteiger charge is -2.10. The van der Waals surface area contributed by atoms with Crippen LogP contribution in [0.25, 0.3) is 5.69 Å². The standard InChI is InChI=1S/C21H17BrFNO3/c1-13-11-19(14(2)24(13)18-9-5-16(22)6-10-18)20(25)12-27-21(26)15-3-7-17(23)8-4-15/h3-11H,12H2,1-2H3. The van der Waals surface area contributed by atoms with Gasteiger partial charge in [-0.25, -0.2) is 9.18 Å². The summed E-state index contributed by atoms with van der Waals surface area (Å²) >= 11 is 3.41. The van der Waals surface area contributed by atoms with Gasteiger partial charge in [-0.15, -0.1) is 0 Å². The molecule has 0 aliphatic rings. The third kappa shape index (κ3) is 4.17. The number of aryl methyl sites for hydroxylation is 1. The lowest BCUT2D eigenvalue weighted by atomic mass is 10.1. The van der Waals surface area contributed by atoms with Crippen LogP contribution in [0.5, 0.6) is 0 Å². The Balaban J connectivity index is 1.75. The number of Topliss-reactive ketones (excluding diaryl/α,β-unsaturated/α-hetero) is 1. The van der Waals surface area contributed by atoms with Gasteiger partial charge < -0.3 is 9.30 Å². The molecule has 0 saturated heterocycles. The van der Waals surface area contributed by atoms with Crippen molar-refractivity contribution in [3.63, 3.8) is 0 Å². The monoisotopic (exact) mass is 429 g/mol. The maximum Gasteiger partial charge on any atom is 0.338 e. The number of carbonyl (C=O) groups excluding carboxylic acids is 2. The second kappa shape index (κ2) is 7.88. The third-order valence-electron chi connectivity index (χ3n) is 4.23. The summed E-state index contributed by atoms with van der Waals surface area (Å²) in [6, 6.07) is 14.5. The number of carbonyl (C=O) groups is 2. The van der Waals surface area contributed by atoms with Crippen molar-refractivity contribution in [1.29, 1.82) is 0 Å². The maximum absolute atomic E-state index is 12.9. The quantitative estimate of drug-likeness (QED) is 0.421. The van der Waals surface area contributed by atoms with E-state index in [0.717, 1.165) is 21.5 Å². The van der Waals surface area contributed by atoms with Crippen molar-refractivity contribution in [2.24, 2.45) is 0 Å². The van der Waals surface area contributed by atoms with Gasteiger partial charge in [0.2, 0.25) is 5.78 Å². The fourth-order valence-corrected chi connectivity index (χ4v) is 3.18. The summed E-state index contributed by atoms with van der Waals surface area (Å²) in [6.45, 7) is 3.39. The largest absolute Gasteiger partial charge is 0.454 e. The SMILES string of the molecule is Cc1cc(C(=O)COC(=O)c2ccc(F)cc2)c(C)n1-c1ccc(Br)cc1. The Morgan fingerprint density at radius 2 is 1.67 bits per heavy atom. The number of halogens is 2. The van der Waals surface area contributed by atoms with Crippen LogP contribution in [0.2, 0.25) is 0 Å². The van der Waals surface area contributed by atoms with Gasteiger partial charge in [-0.3, -0.25) is 4.79 Å². The molecule has 0 atom stereocenters. The van der Waals surface area contributed by atoms with Gasteiger partial charge in [0, 0.05) is 27.1 Å². The highest BCUT2D eigenvalue weighted by atomic mass is 79.9. The molecule has 0 spiro atoms. The number of ether oxygens (including phenoxy) is 1. The fraction of sp³-hybridized carbons (Fsp3) is 0.143. The zero-order valence-electron chi connectivity index (χ0n) is 14.8. The predicted octanol–water partition coefficient (Wildman–Crippen LogP) is 5.04. The second-order valence-corrected chi connectivity index (χ2v) is 7.02. The van der Waals surface area contributed by atoms with E-state index in [2.05, 4.69) is 15.9 Å². The molecule has 0 N–H and O–H groups in total. The zero-order valence-corrected chi connectivity index (χ0v) is 16.4. The Morgan fingerprint density at radius 1 is 1.04 bits per heavy atom. The minimum atomic E-state index is -0.662. The Bertz CT molecular complexity index is 992. The second-order valence-electron chi connectivity index (χ2n) is 6.10. The summed E-state index contributed by atoms with van der Waals surface area (Å²) in [5.74, 6) is -1.39. The van der Waals surface area contributed by atoms with E-state index >= 15 is 0 Å². The molecule has 0 saturated carbocycles. The third-order valence-corrected chi connectivity index (χ3v) is 4.76. The molecule has 0 aliphatic carbocycles. The van der Waals surface area contributed by atoms with Crippen molar-refractivity contribution in [2.75, 3.05) is 6.61 Å². The molecular formula is C21H17BrFNO3. The van der Waals surface area contributed by atoms with Crippen LogP contribution in [0.1, 0.15) is 32.1 Å². The van der Waals surface area contributed by atoms with Gasteiger partial charge in [0.25, 0.3) is 0 Å². The first kappa shape index (κ1) is 19.0. The maximum atomic E-state index is 12.9. The van der Waals surface area contributed by atoms with E-state index in [0.29, 0.717) is 5.56 Å². The van der Waals surface area contributed by atoms with Gasteiger partial charge in [0.1, 0.15) is 5.82 Å². The number of hydrogen-bond acceptors (Lipinski definition) is 3. The number of ketones is 1. The summed E-state index contributed by atoms with van der Waals surface area (Å²) < 4.78 is 20.9. The summed E-state index contributed by atoms with van der Waals surface area (Å²) in [7, 11) is 0. The molecule has 0 aliphatic heterocycles. The molecule has 2 aromatic carbocycles. The normalized spacial score (nSPS) is 10.7. The average molecular weight is 430 g/mol. The van der Waals surface area contributed by atoms with Crippen LogP contribution >= 0.6 is 15.9 Å². The molecule has 0 bridgehead atoms. The first-order chi connectivity index (χ1) is 12.9. The molecule has 1 aromatic heterocycles. The number of hydrogen-bond donors (Lipinski definition) is 0. The highest BCUT2D eigenvalue weighted by molar-refractivity contribution is 9.10. The molecule has 138 valence electrons. The van der Waals surface area contributed by atoms with Gasteiger partial charge in [-0.1, -0.05) is 15.9 Å². The van der Waals surface area contributed by atoms with Gasteiger partial charge in [-0.2, -0.15) is 0 Å². The first-order valence-corrected chi connectivity index (χ1v) is 9.07. The van der Waals surface area contributed by atoms with E-state index in [1.165, 1.54) is 24.3 Å². The highest BCUT2D eigenvalue weighted by Gasteiger charge is 2.18. The molecular weight excluding hydrogens is 413 g/mol. The van der Waals surface area contributed by atoms with E-state index in [9.17, 15) is 14.0 Å². The van der Waals surface area contributed by atoms with Crippen molar-refractivity contribution < 1.29 is 18.7 Å². The van der Waals surface area contributed by atoms with E-state index in [1.54, 1.807) is 6.07 Å². The van der Waals surface area contributed by atoms with Crippen molar-refractivity contribution >= 4 is 27.7 Å². The summed E-state index contributed by atoms with van der Waals surface area (Å²) in [5.41, 5.74) is 3.32. The van der Waals surface area contributed by atoms with Crippen LogP contribution in [0.4, 0.5) is 4.39 Å². The Labute approximate surface area is 164 Å². The lowest BCUT2D eigenvalue weighted by molar-refractivity contribution is 0.0474. The van der Waals surface area contributed by atoms with Gasteiger partial charge >= 0.3 is 5.97 Å². The highest BCUT2D eigenvalue weighted by Crippen LogP contribution is 2.23. The zero-order chi connectivity index (χ0) is 19.6. The fourth-order valence-electron chi connectivity index (χ4n) is 2.91. The van der Waals surface area contributed by atoms with Crippen molar-refractivity contribution in [2.45, 2.75) is 13.8 Å². The van der Waals surface area contributed by atoms with Crippen molar-refractivity contribution in [3.8, 4) is 5.69 Å². The average Bonchev–Trinajstić information content (AvgIpc) is 2.95. The summed E-state index contributed by atoms with van der Waals surface area (Å²) in [6.07, 6.45) is 0. The van der Waals surface area contributed by atoms with E-state index in [1.807, 2.05) is 42.7 Å². The minimum absolute atomic E-state index is 0.199. The van der Waals surface area contributed by atoms with Crippen LogP contribution in [0.15, 0.2) is 59.1 Å². The van der Waals surface area contributed by atoms with Gasteiger partial charge in [-0.05, 0) is 68.4 Å². The van der Waals surface area contributed by atoms with Gasteiger partial charge in [0.15, 0.2) is 6.61 Å². The number of esters is 1. The van der Waals surface area contributed by atoms with Crippen molar-refractivity contribution in [3.05, 3.63) is 87.4 Å². The topological polar surface area (TPSA) is 48.3 Å². The molecule has 6 heteroatoms. The van der Waals surface area contributed by atoms with E-state index in [4.69, 9.17) is 4.74 Å². The number of benzene rings is 2. The number of nitrogens with zero attached hydrogens (tertiary/aromatic N) is 1.